The third-order valence-corrected chi connectivity index (χ3v) is 2.55. The monoisotopic (exact) mass is 278 g/mol. The first-order chi connectivity index (χ1) is 8.51. The second kappa shape index (κ2) is 9.68. The first kappa shape index (κ1) is 16.7. The molecule has 0 aromatic heterocycles. The van der Waals surface area contributed by atoms with Crippen molar-refractivity contribution in [2.24, 2.45) is 0 Å². The number of thioether (sulfide) groups is 1. The van der Waals surface area contributed by atoms with E-state index in [2.05, 4.69) is 21.5 Å². The summed E-state index contributed by atoms with van der Waals surface area (Å²) < 4.78 is 0. The van der Waals surface area contributed by atoms with Crippen LogP contribution in [0, 0.1) is 0 Å². The molecule has 0 saturated heterocycles. The van der Waals surface area contributed by atoms with Crippen molar-refractivity contribution in [1.82, 2.24) is 21.5 Å². The number of amides is 3. The molecule has 8 nitrogen and oxygen atoms in total. The van der Waals surface area contributed by atoms with Crippen LogP contribution in [0.25, 0.3) is 0 Å². The van der Waals surface area contributed by atoms with Crippen molar-refractivity contribution in [1.29, 1.82) is 0 Å². The highest BCUT2D eigenvalue weighted by Gasteiger charge is 2.18. The maximum Gasteiger partial charge on any atom is 0.259 e. The van der Waals surface area contributed by atoms with Gasteiger partial charge in [-0.05, 0) is 0 Å². The van der Waals surface area contributed by atoms with E-state index >= 15 is 0 Å². The maximum atomic E-state index is 11.4. The third kappa shape index (κ3) is 7.87. The van der Waals surface area contributed by atoms with Crippen LogP contribution >= 0.6 is 11.8 Å². The van der Waals surface area contributed by atoms with Crippen LogP contribution in [0.3, 0.4) is 0 Å². The van der Waals surface area contributed by atoms with Gasteiger partial charge in [-0.2, -0.15) is 0 Å². The second-order valence-corrected chi connectivity index (χ2v) is 4.25. The summed E-state index contributed by atoms with van der Waals surface area (Å²) in [5, 5.41) is 13.8. The predicted molar refractivity (Wildman–Crippen MR) is 67.4 cm³/mol. The molecule has 0 aliphatic carbocycles. The lowest BCUT2D eigenvalue weighted by atomic mass is 10.3. The molecule has 0 saturated carbocycles. The lowest BCUT2D eigenvalue weighted by Crippen LogP contribution is -2.52. The molecule has 0 rings (SSSR count). The van der Waals surface area contributed by atoms with Crippen LogP contribution in [0.15, 0.2) is 0 Å². The van der Waals surface area contributed by atoms with E-state index in [4.69, 9.17) is 5.11 Å². The van der Waals surface area contributed by atoms with E-state index in [0.717, 1.165) is 0 Å². The number of hydrogen-bond acceptors (Lipinski definition) is 6. The summed E-state index contributed by atoms with van der Waals surface area (Å²) in [7, 11) is 1.50. The van der Waals surface area contributed by atoms with E-state index < -0.39 is 24.5 Å². The molecule has 1 atom stereocenters. The summed E-state index contributed by atoms with van der Waals surface area (Å²) in [4.78, 5) is 33.3. The predicted octanol–water partition coefficient (Wildman–Crippen LogP) is -2.46. The van der Waals surface area contributed by atoms with Crippen LogP contribution in [0.2, 0.25) is 0 Å². The largest absolute Gasteiger partial charge is 0.394 e. The zero-order valence-electron chi connectivity index (χ0n) is 10.3. The molecule has 3 amide bonds. The van der Waals surface area contributed by atoms with Gasteiger partial charge in [0.15, 0.2) is 0 Å². The van der Waals surface area contributed by atoms with Gasteiger partial charge in [0.1, 0.15) is 6.04 Å². The summed E-state index contributed by atoms with van der Waals surface area (Å²) in [5.74, 6) is -0.695. The van der Waals surface area contributed by atoms with Gasteiger partial charge in [0.2, 0.25) is 11.8 Å². The first-order valence-corrected chi connectivity index (χ1v) is 6.35. The molecule has 0 aliphatic heterocycles. The maximum absolute atomic E-state index is 11.4. The summed E-state index contributed by atoms with van der Waals surface area (Å²) in [6.45, 7) is 0.889. The Balaban J connectivity index is 3.89. The zero-order valence-corrected chi connectivity index (χ0v) is 11.1. The third-order valence-electron chi connectivity index (χ3n) is 1.74. The van der Waals surface area contributed by atoms with Gasteiger partial charge in [0.25, 0.3) is 5.91 Å². The summed E-state index contributed by atoms with van der Waals surface area (Å²) >= 11 is 1.19. The molecule has 104 valence electrons. The van der Waals surface area contributed by atoms with Crippen LogP contribution in [-0.2, 0) is 14.4 Å². The number of hydrogen-bond donors (Lipinski definition) is 5. The number of hydrazine groups is 1. The fourth-order valence-electron chi connectivity index (χ4n) is 0.937. The average Bonchev–Trinajstić information content (AvgIpc) is 2.31. The molecular formula is C9H18N4O4S. The fourth-order valence-corrected chi connectivity index (χ4v) is 1.61. The van der Waals surface area contributed by atoms with Crippen molar-refractivity contribution in [3.05, 3.63) is 0 Å². The van der Waals surface area contributed by atoms with Crippen LogP contribution in [0.4, 0.5) is 0 Å². The Hall–Kier alpha value is -1.32. The van der Waals surface area contributed by atoms with E-state index in [1.54, 1.807) is 0 Å². The molecule has 0 fully saturated rings. The molecular weight excluding hydrogens is 260 g/mol. The fraction of sp³-hybridized carbons (Fsp3) is 0.667. The van der Waals surface area contributed by atoms with E-state index in [1.807, 2.05) is 0 Å². The van der Waals surface area contributed by atoms with Crippen molar-refractivity contribution in [3.63, 3.8) is 0 Å². The van der Waals surface area contributed by atoms with Crippen molar-refractivity contribution in [2.45, 2.75) is 13.0 Å². The summed E-state index contributed by atoms with van der Waals surface area (Å²) in [6, 6.07) is -0.994. The minimum absolute atomic E-state index is 0.0869. The number of rotatable bonds is 8. The Labute approximate surface area is 109 Å². The zero-order chi connectivity index (χ0) is 14.0. The Bertz CT molecular complexity index is 300. The van der Waals surface area contributed by atoms with E-state index in [1.165, 1.54) is 25.7 Å². The van der Waals surface area contributed by atoms with E-state index in [9.17, 15) is 14.4 Å². The van der Waals surface area contributed by atoms with Gasteiger partial charge in [-0.15, -0.1) is 11.8 Å². The highest BCUT2D eigenvalue weighted by Crippen LogP contribution is 1.96. The SMILES string of the molecule is CNNC(=O)[C@H](CO)NC(=O)CSCNC(C)=O. The standard InChI is InChI=1S/C9H18N4O4S/c1-6(15)11-5-18-4-8(16)12-7(3-14)9(17)13-10-2/h7,10,14H,3-5H2,1-2H3,(H,11,15)(H,12,16)(H,13,17)/t7-/m0/s1. The Kier molecular flexibility index (Phi) is 8.97. The lowest BCUT2D eigenvalue weighted by molar-refractivity contribution is -0.129. The van der Waals surface area contributed by atoms with Crippen LogP contribution in [-0.4, -0.2) is 54.2 Å². The van der Waals surface area contributed by atoms with Crippen LogP contribution < -0.4 is 21.5 Å². The molecule has 0 heterocycles. The lowest BCUT2D eigenvalue weighted by Gasteiger charge is -2.15. The Morgan fingerprint density at radius 3 is 2.50 bits per heavy atom. The minimum atomic E-state index is -0.994. The van der Waals surface area contributed by atoms with Gasteiger partial charge in [0, 0.05) is 14.0 Å². The number of aliphatic hydroxyl groups is 1. The molecule has 0 aliphatic rings. The summed E-state index contributed by atoms with van der Waals surface area (Å²) in [5.41, 5.74) is 4.66. The molecule has 0 aromatic carbocycles. The van der Waals surface area contributed by atoms with Gasteiger partial charge in [-0.3, -0.25) is 19.8 Å². The van der Waals surface area contributed by atoms with Crippen molar-refractivity contribution in [3.8, 4) is 0 Å². The highest BCUT2D eigenvalue weighted by atomic mass is 32.2. The van der Waals surface area contributed by atoms with E-state index in [0.29, 0.717) is 5.88 Å². The molecule has 0 aromatic rings. The van der Waals surface area contributed by atoms with Crippen molar-refractivity contribution < 1.29 is 19.5 Å². The molecule has 0 unspecified atom stereocenters. The molecule has 18 heavy (non-hydrogen) atoms. The number of carbonyl (C=O) groups excluding carboxylic acids is 3. The number of carbonyl (C=O) groups is 3. The Morgan fingerprint density at radius 2 is 2.00 bits per heavy atom. The van der Waals surface area contributed by atoms with Gasteiger partial charge in [0.05, 0.1) is 18.2 Å². The smallest absolute Gasteiger partial charge is 0.259 e. The van der Waals surface area contributed by atoms with E-state index in [-0.39, 0.29) is 11.7 Å². The minimum Gasteiger partial charge on any atom is -0.394 e. The van der Waals surface area contributed by atoms with Gasteiger partial charge in [-0.25, -0.2) is 5.43 Å². The number of aliphatic hydroxyl groups excluding tert-OH is 1. The Morgan fingerprint density at radius 1 is 1.33 bits per heavy atom. The van der Waals surface area contributed by atoms with Crippen molar-refractivity contribution in [2.75, 3.05) is 25.3 Å². The van der Waals surface area contributed by atoms with Crippen LogP contribution in [0.1, 0.15) is 6.92 Å². The molecule has 0 spiro atoms. The average molecular weight is 278 g/mol. The quantitative estimate of drug-likeness (QED) is 0.191. The van der Waals surface area contributed by atoms with Crippen molar-refractivity contribution >= 4 is 29.5 Å². The normalized spacial score (nSPS) is 11.5. The van der Waals surface area contributed by atoms with Crippen LogP contribution in [0.5, 0.6) is 0 Å². The van der Waals surface area contributed by atoms with Gasteiger partial charge >= 0.3 is 0 Å². The summed E-state index contributed by atoms with van der Waals surface area (Å²) in [6.07, 6.45) is 0. The number of nitrogens with one attached hydrogen (secondary N) is 4. The molecule has 9 heteroatoms. The first-order valence-electron chi connectivity index (χ1n) is 5.20. The van der Waals surface area contributed by atoms with Gasteiger partial charge < -0.3 is 15.7 Å². The topological polar surface area (TPSA) is 120 Å². The molecule has 0 bridgehead atoms. The van der Waals surface area contributed by atoms with Gasteiger partial charge in [-0.1, -0.05) is 0 Å². The molecule has 5 N–H and O–H groups in total. The second-order valence-electron chi connectivity index (χ2n) is 3.27. The highest BCUT2D eigenvalue weighted by molar-refractivity contribution is 7.99. The molecule has 0 radical (unpaired) electrons.